The van der Waals surface area contributed by atoms with Gasteiger partial charge in [0.15, 0.2) is 0 Å². The molecule has 2 N–H and O–H groups in total. The number of ether oxygens (including phenoxy) is 1. The van der Waals surface area contributed by atoms with Gasteiger partial charge in [-0.1, -0.05) is 72.3 Å². The van der Waals surface area contributed by atoms with E-state index in [0.717, 1.165) is 33.3 Å². The second-order valence-corrected chi connectivity index (χ2v) is 9.67. The number of nitrogens with zero attached hydrogens (tertiary/aromatic N) is 1. The predicted molar refractivity (Wildman–Crippen MR) is 156 cm³/mol. The Kier molecular flexibility index (Phi) is 7.85. The first-order valence-electron chi connectivity index (χ1n) is 12.9. The summed E-state index contributed by atoms with van der Waals surface area (Å²) in [5.74, 6) is -0.426. The van der Waals surface area contributed by atoms with E-state index in [2.05, 4.69) is 42.7 Å². The standard InChI is InChI=1S/C33H31N3O3/c1-23-13-14-24(2)27(17-23)20-36-30-16-15-29(34-32(37)22-39-21-25-9-5-3-6-10-25)18-26(30)19-31(36)33(38)35-28-11-7-4-8-12-28/h3-19H,20-22H2,1-2H3,(H,34,37)(H,35,38). The molecule has 2 amide bonds. The molecule has 1 aromatic heterocycles. The van der Waals surface area contributed by atoms with Crippen LogP contribution in [0.5, 0.6) is 0 Å². The Bertz CT molecular complexity index is 1610. The second-order valence-electron chi connectivity index (χ2n) is 9.67. The number of carbonyl (C=O) groups excluding carboxylic acids is 2. The van der Waals surface area contributed by atoms with Gasteiger partial charge in [0.25, 0.3) is 5.91 Å². The molecular formula is C33H31N3O3. The van der Waals surface area contributed by atoms with Crippen LogP contribution in [0.2, 0.25) is 0 Å². The Morgan fingerprint density at radius 3 is 2.28 bits per heavy atom. The molecule has 1 heterocycles. The molecule has 0 aliphatic heterocycles. The number of carbonyl (C=O) groups is 2. The third-order valence-corrected chi connectivity index (χ3v) is 6.63. The summed E-state index contributed by atoms with van der Waals surface area (Å²) in [5, 5.41) is 6.78. The van der Waals surface area contributed by atoms with Crippen LogP contribution in [-0.4, -0.2) is 23.0 Å². The average molecular weight is 518 g/mol. The van der Waals surface area contributed by atoms with Gasteiger partial charge in [-0.2, -0.15) is 0 Å². The third kappa shape index (κ3) is 6.43. The number of hydrogen-bond acceptors (Lipinski definition) is 3. The smallest absolute Gasteiger partial charge is 0.272 e. The molecule has 6 nitrogen and oxygen atoms in total. The predicted octanol–water partition coefficient (Wildman–Crippen LogP) is 6.71. The number of para-hydroxylation sites is 1. The number of fused-ring (bicyclic) bond motifs is 1. The lowest BCUT2D eigenvalue weighted by molar-refractivity contribution is -0.121. The van der Waals surface area contributed by atoms with Crippen LogP contribution in [0.3, 0.4) is 0 Å². The molecule has 0 radical (unpaired) electrons. The minimum Gasteiger partial charge on any atom is -0.367 e. The van der Waals surface area contributed by atoms with Crippen LogP contribution in [0, 0.1) is 13.8 Å². The van der Waals surface area contributed by atoms with E-state index < -0.39 is 0 Å². The number of amides is 2. The SMILES string of the molecule is Cc1ccc(C)c(Cn2c(C(=O)Nc3ccccc3)cc3cc(NC(=O)COCc4ccccc4)ccc32)c1. The molecule has 0 fully saturated rings. The lowest BCUT2D eigenvalue weighted by Gasteiger charge is -2.14. The molecule has 196 valence electrons. The van der Waals surface area contributed by atoms with E-state index in [-0.39, 0.29) is 18.4 Å². The average Bonchev–Trinajstić information content (AvgIpc) is 3.29. The van der Waals surface area contributed by atoms with E-state index in [9.17, 15) is 9.59 Å². The normalized spacial score (nSPS) is 10.9. The van der Waals surface area contributed by atoms with Crippen LogP contribution in [0.15, 0.2) is 103 Å². The van der Waals surface area contributed by atoms with Crippen LogP contribution in [0.1, 0.15) is 32.7 Å². The summed E-state index contributed by atoms with van der Waals surface area (Å²) >= 11 is 0. The van der Waals surface area contributed by atoms with Crippen LogP contribution < -0.4 is 10.6 Å². The van der Waals surface area contributed by atoms with Gasteiger partial charge in [0, 0.05) is 28.8 Å². The maximum Gasteiger partial charge on any atom is 0.272 e. The zero-order valence-electron chi connectivity index (χ0n) is 22.1. The number of hydrogen-bond donors (Lipinski definition) is 2. The first kappa shape index (κ1) is 25.9. The summed E-state index contributed by atoms with van der Waals surface area (Å²) in [6, 6.07) is 33.1. The van der Waals surface area contributed by atoms with Crippen molar-refractivity contribution >= 4 is 34.1 Å². The molecule has 6 heteroatoms. The molecule has 0 aliphatic rings. The lowest BCUT2D eigenvalue weighted by atomic mass is 10.1. The summed E-state index contributed by atoms with van der Waals surface area (Å²) in [6.45, 7) is 5.02. The number of aryl methyl sites for hydroxylation is 2. The Balaban J connectivity index is 1.39. The Morgan fingerprint density at radius 1 is 0.769 bits per heavy atom. The maximum absolute atomic E-state index is 13.4. The lowest BCUT2D eigenvalue weighted by Crippen LogP contribution is -2.18. The minimum atomic E-state index is -0.234. The molecule has 4 aromatic carbocycles. The van der Waals surface area contributed by atoms with Gasteiger partial charge in [-0.3, -0.25) is 9.59 Å². The molecule has 39 heavy (non-hydrogen) atoms. The summed E-state index contributed by atoms with van der Waals surface area (Å²) in [5.41, 5.74) is 7.33. The molecule has 0 saturated carbocycles. The van der Waals surface area contributed by atoms with Gasteiger partial charge in [-0.05, 0) is 66.9 Å². The quantitative estimate of drug-likeness (QED) is 0.228. The van der Waals surface area contributed by atoms with Crippen molar-refractivity contribution in [1.29, 1.82) is 0 Å². The molecule has 0 aliphatic carbocycles. The van der Waals surface area contributed by atoms with Crippen LogP contribution in [-0.2, 0) is 22.7 Å². The Hall–Kier alpha value is -4.68. The van der Waals surface area contributed by atoms with Crippen molar-refractivity contribution in [3.05, 3.63) is 131 Å². The van der Waals surface area contributed by atoms with Crippen molar-refractivity contribution in [3.63, 3.8) is 0 Å². The molecule has 5 aromatic rings. The zero-order valence-corrected chi connectivity index (χ0v) is 22.1. The first-order chi connectivity index (χ1) is 19.0. The van der Waals surface area contributed by atoms with E-state index in [1.165, 1.54) is 5.56 Å². The fraction of sp³-hybridized carbons (Fsp3) is 0.152. The maximum atomic E-state index is 13.4. The summed E-state index contributed by atoms with van der Waals surface area (Å²) in [6.07, 6.45) is 0. The van der Waals surface area contributed by atoms with Crippen molar-refractivity contribution in [1.82, 2.24) is 4.57 Å². The third-order valence-electron chi connectivity index (χ3n) is 6.63. The van der Waals surface area contributed by atoms with Crippen LogP contribution >= 0.6 is 0 Å². The summed E-state index contributed by atoms with van der Waals surface area (Å²) < 4.78 is 7.60. The van der Waals surface area contributed by atoms with Crippen molar-refractivity contribution < 1.29 is 14.3 Å². The van der Waals surface area contributed by atoms with Gasteiger partial charge in [0.2, 0.25) is 5.91 Å². The number of nitrogens with one attached hydrogen (secondary N) is 2. The van der Waals surface area contributed by atoms with Gasteiger partial charge in [-0.25, -0.2) is 0 Å². The molecular weight excluding hydrogens is 486 g/mol. The van der Waals surface area contributed by atoms with Crippen molar-refractivity contribution in [2.75, 3.05) is 17.2 Å². The molecule has 0 atom stereocenters. The fourth-order valence-electron chi connectivity index (χ4n) is 4.60. The van der Waals surface area contributed by atoms with Gasteiger partial charge < -0.3 is 19.9 Å². The fourth-order valence-corrected chi connectivity index (χ4v) is 4.60. The van der Waals surface area contributed by atoms with Crippen molar-refractivity contribution in [2.45, 2.75) is 27.0 Å². The highest BCUT2D eigenvalue weighted by molar-refractivity contribution is 6.07. The van der Waals surface area contributed by atoms with E-state index in [4.69, 9.17) is 4.74 Å². The number of anilines is 2. The van der Waals surface area contributed by atoms with Gasteiger partial charge in [0.05, 0.1) is 6.61 Å². The van der Waals surface area contributed by atoms with E-state index in [0.29, 0.717) is 24.5 Å². The highest BCUT2D eigenvalue weighted by atomic mass is 16.5. The van der Waals surface area contributed by atoms with Gasteiger partial charge in [-0.15, -0.1) is 0 Å². The van der Waals surface area contributed by atoms with Crippen molar-refractivity contribution in [2.24, 2.45) is 0 Å². The molecule has 5 rings (SSSR count). The number of rotatable bonds is 9. The Labute approximate surface area is 228 Å². The van der Waals surface area contributed by atoms with Crippen LogP contribution in [0.25, 0.3) is 10.9 Å². The molecule has 0 bridgehead atoms. The number of benzene rings is 4. The molecule has 0 spiro atoms. The summed E-state index contributed by atoms with van der Waals surface area (Å²) in [4.78, 5) is 26.0. The minimum absolute atomic E-state index is 0.0503. The first-order valence-corrected chi connectivity index (χ1v) is 12.9. The van der Waals surface area contributed by atoms with Gasteiger partial charge >= 0.3 is 0 Å². The molecule has 0 saturated heterocycles. The zero-order chi connectivity index (χ0) is 27.2. The largest absolute Gasteiger partial charge is 0.367 e. The second kappa shape index (κ2) is 11.8. The topological polar surface area (TPSA) is 72.4 Å². The van der Waals surface area contributed by atoms with Crippen LogP contribution in [0.4, 0.5) is 11.4 Å². The summed E-state index contributed by atoms with van der Waals surface area (Å²) in [7, 11) is 0. The molecule has 0 unspecified atom stereocenters. The van der Waals surface area contributed by atoms with E-state index in [1.807, 2.05) is 89.5 Å². The highest BCUT2D eigenvalue weighted by Gasteiger charge is 2.18. The van der Waals surface area contributed by atoms with E-state index in [1.54, 1.807) is 0 Å². The Morgan fingerprint density at radius 2 is 1.51 bits per heavy atom. The monoisotopic (exact) mass is 517 g/mol. The van der Waals surface area contributed by atoms with Gasteiger partial charge in [0.1, 0.15) is 12.3 Å². The highest BCUT2D eigenvalue weighted by Crippen LogP contribution is 2.26. The van der Waals surface area contributed by atoms with E-state index >= 15 is 0 Å². The number of aromatic nitrogens is 1. The van der Waals surface area contributed by atoms with Crippen molar-refractivity contribution in [3.8, 4) is 0 Å².